The van der Waals surface area contributed by atoms with Crippen LogP contribution in [0.3, 0.4) is 0 Å². The van der Waals surface area contributed by atoms with Crippen LogP contribution in [-0.4, -0.2) is 30.3 Å². The van der Waals surface area contributed by atoms with E-state index in [2.05, 4.69) is 15.1 Å². The highest BCUT2D eigenvalue weighted by molar-refractivity contribution is 6.29. The molecule has 1 aromatic carbocycles. The molecule has 0 atom stereocenters. The van der Waals surface area contributed by atoms with Crippen LogP contribution in [0, 0.1) is 0 Å². The van der Waals surface area contributed by atoms with Crippen molar-refractivity contribution in [3.63, 3.8) is 0 Å². The Kier molecular flexibility index (Phi) is 4.38. The highest BCUT2D eigenvalue weighted by Crippen LogP contribution is 2.14. The maximum atomic E-state index is 12.3. The lowest BCUT2D eigenvalue weighted by atomic mass is 10.1. The number of hydrogen-bond acceptors (Lipinski definition) is 5. The molecule has 3 rings (SSSR count). The minimum Gasteiger partial charge on any atom is -0.454 e. The molecular formula is C15H14ClN5O2. The number of nitrogens with zero attached hydrogens (tertiary/aromatic N) is 5. The van der Waals surface area contributed by atoms with Crippen LogP contribution in [0.2, 0.25) is 5.15 Å². The summed E-state index contributed by atoms with van der Waals surface area (Å²) in [4.78, 5) is 20.3. The Morgan fingerprint density at radius 2 is 2.17 bits per heavy atom. The molecule has 23 heavy (non-hydrogen) atoms. The van der Waals surface area contributed by atoms with Crippen LogP contribution in [0.15, 0.2) is 43.1 Å². The number of esters is 1. The first-order valence-corrected chi connectivity index (χ1v) is 7.26. The van der Waals surface area contributed by atoms with Gasteiger partial charge in [-0.1, -0.05) is 29.8 Å². The highest BCUT2D eigenvalue weighted by atomic mass is 35.5. The number of aromatic nitrogens is 5. The summed E-state index contributed by atoms with van der Waals surface area (Å²) in [6.07, 6.45) is 4.56. The van der Waals surface area contributed by atoms with Gasteiger partial charge >= 0.3 is 5.97 Å². The zero-order chi connectivity index (χ0) is 16.2. The summed E-state index contributed by atoms with van der Waals surface area (Å²) in [5.41, 5.74) is 1.30. The molecule has 0 saturated carbocycles. The number of hydrogen-bond donors (Lipinski definition) is 0. The number of imidazole rings is 1. The number of rotatable bonds is 5. The zero-order valence-corrected chi connectivity index (χ0v) is 13.1. The fourth-order valence-electron chi connectivity index (χ4n) is 2.11. The SMILES string of the molecule is Cn1c(Cl)cnc1COC(=O)c1ccccc1Cn1cncn1. The fourth-order valence-corrected chi connectivity index (χ4v) is 2.26. The van der Waals surface area contributed by atoms with E-state index < -0.39 is 5.97 Å². The van der Waals surface area contributed by atoms with Crippen molar-refractivity contribution in [1.29, 1.82) is 0 Å². The van der Waals surface area contributed by atoms with E-state index in [9.17, 15) is 4.79 Å². The predicted octanol–water partition coefficient (Wildman–Crippen LogP) is 2.07. The second kappa shape index (κ2) is 6.62. The molecule has 0 unspecified atom stereocenters. The molecule has 0 spiro atoms. The van der Waals surface area contributed by atoms with Crippen LogP contribution in [-0.2, 0) is 24.9 Å². The van der Waals surface area contributed by atoms with Gasteiger partial charge in [-0.15, -0.1) is 0 Å². The van der Waals surface area contributed by atoms with Crippen LogP contribution < -0.4 is 0 Å². The summed E-state index contributed by atoms with van der Waals surface area (Å²) in [7, 11) is 1.76. The first kappa shape index (κ1) is 15.2. The molecule has 0 aliphatic heterocycles. The molecular weight excluding hydrogens is 318 g/mol. The van der Waals surface area contributed by atoms with E-state index in [1.165, 1.54) is 12.5 Å². The lowest BCUT2D eigenvalue weighted by molar-refractivity contribution is 0.0458. The standard InChI is InChI=1S/C15H14ClN5O2/c1-20-13(16)6-18-14(20)8-23-15(22)12-5-3-2-4-11(12)7-21-10-17-9-19-21/h2-6,9-10H,7-8H2,1H3. The second-order valence-corrected chi connectivity index (χ2v) is 5.27. The topological polar surface area (TPSA) is 74.8 Å². The minimum atomic E-state index is -0.417. The first-order chi connectivity index (χ1) is 11.1. The van der Waals surface area contributed by atoms with Crippen molar-refractivity contribution < 1.29 is 9.53 Å². The maximum absolute atomic E-state index is 12.3. The van der Waals surface area contributed by atoms with Gasteiger partial charge in [0.1, 0.15) is 30.2 Å². The summed E-state index contributed by atoms with van der Waals surface area (Å²) in [5.74, 6) is 0.164. The Labute approximate surface area is 137 Å². The van der Waals surface area contributed by atoms with Gasteiger partial charge in [-0.2, -0.15) is 5.10 Å². The molecule has 7 nitrogen and oxygen atoms in total. The normalized spacial score (nSPS) is 10.7. The van der Waals surface area contributed by atoms with Crippen LogP contribution in [0.1, 0.15) is 21.7 Å². The largest absolute Gasteiger partial charge is 0.454 e. The molecule has 0 aliphatic carbocycles. The maximum Gasteiger partial charge on any atom is 0.338 e. The molecule has 0 radical (unpaired) electrons. The molecule has 0 N–H and O–H groups in total. The zero-order valence-electron chi connectivity index (χ0n) is 12.4. The van der Waals surface area contributed by atoms with Gasteiger partial charge in [-0.25, -0.2) is 19.4 Å². The molecule has 0 fully saturated rings. The van der Waals surface area contributed by atoms with Gasteiger partial charge in [0.25, 0.3) is 0 Å². The summed E-state index contributed by atoms with van der Waals surface area (Å²) in [6.45, 7) is 0.499. The Morgan fingerprint density at radius 1 is 1.35 bits per heavy atom. The first-order valence-electron chi connectivity index (χ1n) is 6.88. The molecule has 0 bridgehead atoms. The van der Waals surface area contributed by atoms with E-state index >= 15 is 0 Å². The third-order valence-corrected chi connectivity index (χ3v) is 3.75. The molecule has 3 aromatic rings. The van der Waals surface area contributed by atoms with Gasteiger partial charge in [0.05, 0.1) is 18.3 Å². The van der Waals surface area contributed by atoms with Crippen LogP contribution in [0.4, 0.5) is 0 Å². The number of carbonyl (C=O) groups excluding carboxylic acids is 1. The summed E-state index contributed by atoms with van der Waals surface area (Å²) >= 11 is 5.91. The molecule has 2 heterocycles. The lowest BCUT2D eigenvalue weighted by Gasteiger charge is -2.09. The highest BCUT2D eigenvalue weighted by Gasteiger charge is 2.14. The van der Waals surface area contributed by atoms with Crippen LogP contribution in [0.5, 0.6) is 0 Å². The average Bonchev–Trinajstić information content (AvgIpc) is 3.17. The van der Waals surface area contributed by atoms with Crippen molar-refractivity contribution in [3.8, 4) is 0 Å². The second-order valence-electron chi connectivity index (χ2n) is 4.88. The van der Waals surface area contributed by atoms with Crippen molar-refractivity contribution in [2.24, 2.45) is 7.05 Å². The van der Waals surface area contributed by atoms with E-state index in [4.69, 9.17) is 16.3 Å². The van der Waals surface area contributed by atoms with E-state index in [0.29, 0.717) is 23.1 Å². The van der Waals surface area contributed by atoms with Crippen molar-refractivity contribution >= 4 is 17.6 Å². The molecule has 0 saturated heterocycles. The summed E-state index contributed by atoms with van der Waals surface area (Å²) in [6, 6.07) is 7.23. The Bertz CT molecular complexity index is 813. The molecule has 2 aromatic heterocycles. The number of benzene rings is 1. The molecule has 0 aliphatic rings. The number of ether oxygens (including phenoxy) is 1. The smallest absolute Gasteiger partial charge is 0.338 e. The van der Waals surface area contributed by atoms with E-state index in [0.717, 1.165) is 5.56 Å². The van der Waals surface area contributed by atoms with Gasteiger partial charge in [-0.3, -0.25) is 0 Å². The molecule has 0 amide bonds. The van der Waals surface area contributed by atoms with Gasteiger partial charge in [0.15, 0.2) is 0 Å². The van der Waals surface area contributed by atoms with E-state index in [1.54, 1.807) is 34.8 Å². The van der Waals surface area contributed by atoms with Crippen molar-refractivity contribution in [1.82, 2.24) is 24.3 Å². The third kappa shape index (κ3) is 3.40. The quantitative estimate of drug-likeness (QED) is 0.669. The lowest BCUT2D eigenvalue weighted by Crippen LogP contribution is -2.12. The van der Waals surface area contributed by atoms with E-state index in [-0.39, 0.29) is 6.61 Å². The summed E-state index contributed by atoms with van der Waals surface area (Å²) < 4.78 is 8.65. The monoisotopic (exact) mass is 331 g/mol. The molecule has 118 valence electrons. The average molecular weight is 332 g/mol. The Hall–Kier alpha value is -2.67. The predicted molar refractivity (Wildman–Crippen MR) is 82.9 cm³/mol. The van der Waals surface area contributed by atoms with Gasteiger partial charge in [-0.05, 0) is 11.6 Å². The molecule has 8 heteroatoms. The van der Waals surface area contributed by atoms with Crippen LogP contribution >= 0.6 is 11.6 Å². The van der Waals surface area contributed by atoms with Crippen molar-refractivity contribution in [2.75, 3.05) is 0 Å². The van der Waals surface area contributed by atoms with Gasteiger partial charge in [0.2, 0.25) is 0 Å². The Balaban J connectivity index is 1.73. The number of carbonyl (C=O) groups is 1. The number of halogens is 1. The van der Waals surface area contributed by atoms with Crippen molar-refractivity contribution in [2.45, 2.75) is 13.2 Å². The fraction of sp³-hybridized carbons (Fsp3) is 0.200. The summed E-state index contributed by atoms with van der Waals surface area (Å²) in [5, 5.41) is 4.53. The van der Waals surface area contributed by atoms with Gasteiger partial charge in [0, 0.05) is 7.05 Å². The minimum absolute atomic E-state index is 0.0553. The van der Waals surface area contributed by atoms with Crippen molar-refractivity contribution in [3.05, 3.63) is 65.2 Å². The van der Waals surface area contributed by atoms with Gasteiger partial charge < -0.3 is 9.30 Å². The third-order valence-electron chi connectivity index (χ3n) is 3.40. The van der Waals surface area contributed by atoms with Crippen LogP contribution in [0.25, 0.3) is 0 Å². The van der Waals surface area contributed by atoms with E-state index in [1.807, 2.05) is 12.1 Å². The Morgan fingerprint density at radius 3 is 2.87 bits per heavy atom.